The molecular weight excluding hydrogens is 863 g/mol. The summed E-state index contributed by atoms with van der Waals surface area (Å²) in [7, 11) is -2.99. The van der Waals surface area contributed by atoms with Crippen molar-refractivity contribution in [1.29, 1.82) is 0 Å². The number of para-hydroxylation sites is 5. The molecule has 0 fully saturated rings. The van der Waals surface area contributed by atoms with E-state index in [1.54, 1.807) is 0 Å². The lowest BCUT2D eigenvalue weighted by Gasteiger charge is -2.35. The highest BCUT2D eigenvalue weighted by molar-refractivity contribution is 7.20. The first-order chi connectivity index (χ1) is 34.8. The Morgan fingerprint density at radius 3 is 1.33 bits per heavy atom. The Kier molecular flexibility index (Phi) is 9.23. The molecule has 11 aromatic carbocycles. The average molecular weight is 908 g/mol. The van der Waals surface area contributed by atoms with Crippen LogP contribution >= 0.6 is 0 Å². The highest BCUT2D eigenvalue weighted by atomic mass is 28.3. The van der Waals surface area contributed by atoms with Crippen LogP contribution in [-0.4, -0.2) is 21.8 Å². The lowest BCUT2D eigenvalue weighted by molar-refractivity contribution is 1.15. The Morgan fingerprint density at radius 1 is 0.271 bits per heavy atom. The summed E-state index contributed by atoms with van der Waals surface area (Å²) in [5, 5.41) is 12.8. The fourth-order valence-corrected chi connectivity index (χ4v) is 16.9. The summed E-state index contributed by atoms with van der Waals surface area (Å²) in [5.41, 5.74) is 12.9. The third kappa shape index (κ3) is 5.87. The van der Waals surface area contributed by atoms with Crippen molar-refractivity contribution in [3.8, 4) is 28.2 Å². The zero-order valence-corrected chi connectivity index (χ0v) is 39.3. The van der Waals surface area contributed by atoms with Crippen LogP contribution in [0.3, 0.4) is 0 Å². The molecule has 0 aliphatic carbocycles. The second-order valence-electron chi connectivity index (χ2n) is 18.4. The van der Waals surface area contributed by atoms with E-state index in [9.17, 15) is 0 Å². The average Bonchev–Trinajstić information content (AvgIpc) is 4.08. The lowest BCUT2D eigenvalue weighted by Crippen LogP contribution is -2.75. The van der Waals surface area contributed by atoms with Crippen molar-refractivity contribution in [3.05, 3.63) is 273 Å². The molecule has 0 saturated carbocycles. The van der Waals surface area contributed by atoms with Crippen LogP contribution in [0.2, 0.25) is 0 Å². The van der Waals surface area contributed by atoms with Gasteiger partial charge in [-0.15, -0.1) is 0 Å². The summed E-state index contributed by atoms with van der Waals surface area (Å²) in [6.45, 7) is 0. The number of aromatic nitrogens is 3. The minimum Gasteiger partial charge on any atom is -0.309 e. The first-order valence-electron chi connectivity index (χ1n) is 24.2. The Bertz CT molecular complexity index is 4130. The molecule has 0 amide bonds. The monoisotopic (exact) mass is 907 g/mol. The largest absolute Gasteiger partial charge is 0.309 e. The van der Waals surface area contributed by atoms with Gasteiger partial charge in [-0.25, -0.2) is 0 Å². The predicted octanol–water partition coefficient (Wildman–Crippen LogP) is 14.0. The van der Waals surface area contributed by atoms with Crippen molar-refractivity contribution >= 4 is 94.2 Å². The molecule has 0 saturated heterocycles. The highest BCUT2D eigenvalue weighted by Gasteiger charge is 2.43. The van der Waals surface area contributed by atoms with Crippen LogP contribution in [0.5, 0.6) is 0 Å². The van der Waals surface area contributed by atoms with Crippen molar-refractivity contribution in [2.75, 3.05) is 0 Å². The van der Waals surface area contributed by atoms with Gasteiger partial charge in [-0.05, 0) is 74.8 Å². The van der Waals surface area contributed by atoms with E-state index in [1.807, 2.05) is 0 Å². The van der Waals surface area contributed by atoms with E-state index in [2.05, 4.69) is 287 Å². The summed E-state index contributed by atoms with van der Waals surface area (Å²) >= 11 is 0. The number of hydrogen-bond acceptors (Lipinski definition) is 0. The van der Waals surface area contributed by atoms with E-state index < -0.39 is 8.07 Å². The molecule has 70 heavy (non-hydrogen) atoms. The molecule has 0 N–H and O–H groups in total. The summed E-state index contributed by atoms with van der Waals surface area (Å²) in [6, 6.07) is 101. The van der Waals surface area contributed by atoms with E-state index in [0.717, 1.165) is 28.1 Å². The molecular formula is C66H45N3Si. The molecule has 0 atom stereocenters. The molecule has 0 aliphatic rings. The number of rotatable bonds is 8. The number of fused-ring (bicyclic) bond motifs is 9. The Balaban J connectivity index is 1.13. The van der Waals surface area contributed by atoms with Gasteiger partial charge in [0.1, 0.15) is 0 Å². The molecule has 3 nitrogen and oxygen atoms in total. The maximum Gasteiger partial charge on any atom is 0.181 e. The molecule has 3 heterocycles. The first-order valence-corrected chi connectivity index (χ1v) is 26.2. The van der Waals surface area contributed by atoms with Crippen LogP contribution in [0.15, 0.2) is 273 Å². The van der Waals surface area contributed by atoms with Crippen molar-refractivity contribution in [2.45, 2.75) is 0 Å². The van der Waals surface area contributed by atoms with Gasteiger partial charge in [0.15, 0.2) is 8.07 Å². The van der Waals surface area contributed by atoms with Gasteiger partial charge in [-0.3, -0.25) is 0 Å². The zero-order chi connectivity index (χ0) is 46.2. The van der Waals surface area contributed by atoms with Gasteiger partial charge in [0.25, 0.3) is 0 Å². The first kappa shape index (κ1) is 40.1. The number of benzene rings is 11. The molecule has 0 unspecified atom stereocenters. The van der Waals surface area contributed by atoms with Gasteiger partial charge >= 0.3 is 0 Å². The van der Waals surface area contributed by atoms with Crippen LogP contribution in [-0.2, 0) is 0 Å². The van der Waals surface area contributed by atoms with Gasteiger partial charge in [0, 0.05) is 43.6 Å². The van der Waals surface area contributed by atoms with Crippen molar-refractivity contribution in [2.24, 2.45) is 0 Å². The summed E-state index contributed by atoms with van der Waals surface area (Å²) in [5.74, 6) is 0. The van der Waals surface area contributed by atoms with E-state index in [1.165, 1.54) is 86.3 Å². The fraction of sp³-hybridized carbons (Fsp3) is 0. The molecule has 328 valence electrons. The summed E-state index contributed by atoms with van der Waals surface area (Å²) in [6.07, 6.45) is 0. The topological polar surface area (TPSA) is 14.8 Å². The van der Waals surface area contributed by atoms with Gasteiger partial charge in [-0.1, -0.05) is 224 Å². The Morgan fingerprint density at radius 2 is 0.714 bits per heavy atom. The summed E-state index contributed by atoms with van der Waals surface area (Å²) < 4.78 is 7.59. The Labute approximate surface area is 407 Å². The van der Waals surface area contributed by atoms with Crippen molar-refractivity contribution in [1.82, 2.24) is 13.7 Å². The van der Waals surface area contributed by atoms with Gasteiger partial charge in [0.05, 0.1) is 44.5 Å². The van der Waals surface area contributed by atoms with Crippen molar-refractivity contribution < 1.29 is 0 Å². The molecule has 3 aromatic heterocycles. The molecule has 14 aromatic rings. The number of hydrogen-bond donors (Lipinski definition) is 0. The standard InChI is InChI=1S/C66H45N3Si/c1-5-23-46(24-6-1)51-31-13-17-36-57(51)69-62-41-22-40-61(68-59-38-19-14-32-52(59)53-33-15-20-39-60(53)68)65(62)56-44-43-47(45-63(56)69)67-58-37-18-16-34-54(58)55-35-21-42-64(66(55)67)70(48-25-7-2-8-26-48,49-27-9-3-10-28-49)50-29-11-4-12-30-50/h1-45H. The molecule has 0 bridgehead atoms. The number of nitrogens with zero attached hydrogens (tertiary/aromatic N) is 3. The molecule has 0 radical (unpaired) electrons. The smallest absolute Gasteiger partial charge is 0.181 e. The quantitative estimate of drug-likeness (QED) is 0.107. The van der Waals surface area contributed by atoms with E-state index in [-0.39, 0.29) is 0 Å². The van der Waals surface area contributed by atoms with E-state index in [0.29, 0.717) is 0 Å². The van der Waals surface area contributed by atoms with Crippen molar-refractivity contribution in [3.63, 3.8) is 0 Å². The lowest BCUT2D eigenvalue weighted by atomic mass is 10.0. The normalized spacial score (nSPS) is 12.0. The maximum atomic E-state index is 2.58. The highest BCUT2D eigenvalue weighted by Crippen LogP contribution is 2.43. The van der Waals surface area contributed by atoms with Gasteiger partial charge < -0.3 is 13.7 Å². The van der Waals surface area contributed by atoms with Crippen LogP contribution in [0.1, 0.15) is 0 Å². The summed E-state index contributed by atoms with van der Waals surface area (Å²) in [4.78, 5) is 0. The SMILES string of the molecule is c1ccc(-c2ccccc2-n2c3cc(-n4c5ccccc5c5cccc([Si](c6ccccc6)(c6ccccc6)c6ccccc6)c54)ccc3c3c(-n4c5ccccc5c5ccccc54)cccc32)cc1. The zero-order valence-electron chi connectivity index (χ0n) is 38.3. The minimum absolute atomic E-state index is 1.11. The molecule has 0 aliphatic heterocycles. The fourth-order valence-electron chi connectivity index (χ4n) is 12.0. The molecule has 4 heteroatoms. The van der Waals surface area contributed by atoms with E-state index >= 15 is 0 Å². The second kappa shape index (κ2) is 16.1. The minimum atomic E-state index is -2.99. The van der Waals surface area contributed by atoms with Gasteiger partial charge in [0.2, 0.25) is 0 Å². The van der Waals surface area contributed by atoms with Crippen LogP contribution in [0.4, 0.5) is 0 Å². The van der Waals surface area contributed by atoms with E-state index in [4.69, 9.17) is 0 Å². The molecule has 14 rings (SSSR count). The van der Waals surface area contributed by atoms with Crippen LogP contribution < -0.4 is 20.7 Å². The Hall–Kier alpha value is -8.96. The van der Waals surface area contributed by atoms with Gasteiger partial charge in [-0.2, -0.15) is 0 Å². The third-order valence-electron chi connectivity index (χ3n) is 14.8. The second-order valence-corrected chi connectivity index (χ2v) is 22.1. The maximum absolute atomic E-state index is 2.99. The molecule has 0 spiro atoms. The predicted molar refractivity (Wildman–Crippen MR) is 299 cm³/mol. The van der Waals surface area contributed by atoms with Crippen LogP contribution in [0, 0.1) is 0 Å². The third-order valence-corrected chi connectivity index (χ3v) is 19.6. The van der Waals surface area contributed by atoms with Crippen LogP contribution in [0.25, 0.3) is 93.6 Å².